The molecule has 1 atom stereocenters. The third kappa shape index (κ3) is 4.61. The summed E-state index contributed by atoms with van der Waals surface area (Å²) in [5, 5.41) is 6.78. The first-order valence-electron chi connectivity index (χ1n) is 8.79. The summed E-state index contributed by atoms with van der Waals surface area (Å²) in [7, 11) is 0. The highest BCUT2D eigenvalue weighted by Crippen LogP contribution is 2.26. The minimum absolute atomic E-state index is 0.309. The Morgan fingerprint density at radius 2 is 1.81 bits per heavy atom. The molecule has 0 aliphatic heterocycles. The van der Waals surface area contributed by atoms with E-state index in [1.165, 1.54) is 5.56 Å². The Balaban J connectivity index is 1.97. The number of aryl methyl sites for hydroxylation is 1. The largest absolute Gasteiger partial charge is 0.352 e. The van der Waals surface area contributed by atoms with Crippen LogP contribution in [-0.2, 0) is 0 Å². The van der Waals surface area contributed by atoms with Crippen LogP contribution in [0.1, 0.15) is 25.8 Å². The summed E-state index contributed by atoms with van der Waals surface area (Å²) < 4.78 is 1.09. The van der Waals surface area contributed by atoms with Crippen molar-refractivity contribution in [1.82, 2.24) is 9.97 Å². The summed E-state index contributed by atoms with van der Waals surface area (Å²) in [5.41, 5.74) is 4.13. The third-order valence-corrected chi connectivity index (χ3v) is 5.10. The normalized spacial score (nSPS) is 11.8. The second-order valence-corrected chi connectivity index (χ2v) is 7.22. The quantitative estimate of drug-likeness (QED) is 0.509. The van der Waals surface area contributed by atoms with E-state index in [1.54, 1.807) is 0 Å². The molecule has 0 saturated carbocycles. The van der Waals surface area contributed by atoms with Gasteiger partial charge in [-0.1, -0.05) is 53.2 Å². The van der Waals surface area contributed by atoms with Crippen LogP contribution in [0.25, 0.3) is 11.3 Å². The number of hydrogen-bond donors (Lipinski definition) is 2. The van der Waals surface area contributed by atoms with Crippen LogP contribution >= 0.6 is 15.9 Å². The average Bonchev–Trinajstić information content (AvgIpc) is 2.65. The summed E-state index contributed by atoms with van der Waals surface area (Å²) in [5.74, 6) is 1.41. The minimum atomic E-state index is 0.309. The number of aromatic nitrogens is 2. The molecular weight excluding hydrogens is 388 g/mol. The van der Waals surface area contributed by atoms with Crippen LogP contribution < -0.4 is 10.6 Å². The summed E-state index contributed by atoms with van der Waals surface area (Å²) in [6, 6.07) is 18.6. The highest BCUT2D eigenvalue weighted by Gasteiger charge is 2.09. The Bertz CT molecular complexity index is 880. The lowest BCUT2D eigenvalue weighted by Gasteiger charge is -2.15. The van der Waals surface area contributed by atoms with Crippen LogP contribution in [0.15, 0.2) is 59.1 Å². The summed E-state index contributed by atoms with van der Waals surface area (Å²) in [6.45, 7) is 6.34. The van der Waals surface area contributed by atoms with Gasteiger partial charge in [0.2, 0.25) is 5.95 Å². The molecule has 1 aromatic heterocycles. The predicted molar refractivity (Wildman–Crippen MR) is 113 cm³/mol. The molecule has 134 valence electrons. The van der Waals surface area contributed by atoms with Crippen LogP contribution in [0.4, 0.5) is 17.5 Å². The maximum absolute atomic E-state index is 4.70. The van der Waals surface area contributed by atoms with E-state index in [2.05, 4.69) is 70.5 Å². The molecule has 0 aliphatic rings. The van der Waals surface area contributed by atoms with Crippen LogP contribution in [0.2, 0.25) is 0 Å². The van der Waals surface area contributed by atoms with Gasteiger partial charge in [0.25, 0.3) is 0 Å². The van der Waals surface area contributed by atoms with E-state index in [-0.39, 0.29) is 0 Å². The molecule has 5 heteroatoms. The van der Waals surface area contributed by atoms with Crippen molar-refractivity contribution >= 4 is 33.4 Å². The molecule has 26 heavy (non-hydrogen) atoms. The fourth-order valence-electron chi connectivity index (χ4n) is 2.53. The van der Waals surface area contributed by atoms with Crippen molar-refractivity contribution in [1.29, 1.82) is 0 Å². The first kappa shape index (κ1) is 18.4. The standard InChI is InChI=1S/C21H23BrN4/c1-4-15(3)23-21-25-19(16-8-6-5-7-9-16)13-20(26-21)24-17-10-11-18(22)14(2)12-17/h5-13,15H,4H2,1-3H3,(H2,23,24,25,26)/t15-/m0/s1. The molecule has 0 unspecified atom stereocenters. The van der Waals surface area contributed by atoms with E-state index in [9.17, 15) is 0 Å². The third-order valence-electron chi connectivity index (χ3n) is 4.21. The van der Waals surface area contributed by atoms with Crippen LogP contribution in [0.5, 0.6) is 0 Å². The molecule has 2 N–H and O–H groups in total. The Labute approximate surface area is 163 Å². The molecule has 0 radical (unpaired) electrons. The molecule has 1 heterocycles. The molecule has 3 aromatic rings. The molecule has 0 spiro atoms. The van der Waals surface area contributed by atoms with Gasteiger partial charge < -0.3 is 10.6 Å². The number of anilines is 3. The lowest BCUT2D eigenvalue weighted by molar-refractivity contribution is 0.753. The molecule has 0 aliphatic carbocycles. The Morgan fingerprint density at radius 1 is 1.04 bits per heavy atom. The first-order chi connectivity index (χ1) is 12.5. The summed E-state index contributed by atoms with van der Waals surface area (Å²) in [4.78, 5) is 9.34. The maximum Gasteiger partial charge on any atom is 0.225 e. The lowest BCUT2D eigenvalue weighted by atomic mass is 10.1. The fourth-order valence-corrected chi connectivity index (χ4v) is 2.77. The van der Waals surface area contributed by atoms with Gasteiger partial charge in [0, 0.05) is 27.8 Å². The van der Waals surface area contributed by atoms with E-state index in [4.69, 9.17) is 4.98 Å². The zero-order valence-electron chi connectivity index (χ0n) is 15.3. The molecule has 0 saturated heterocycles. The van der Waals surface area contributed by atoms with Crippen LogP contribution in [-0.4, -0.2) is 16.0 Å². The highest BCUT2D eigenvalue weighted by molar-refractivity contribution is 9.10. The number of benzene rings is 2. The minimum Gasteiger partial charge on any atom is -0.352 e. The zero-order valence-corrected chi connectivity index (χ0v) is 16.8. The van der Waals surface area contributed by atoms with Gasteiger partial charge in [-0.25, -0.2) is 4.98 Å². The van der Waals surface area contributed by atoms with Gasteiger partial charge in [0.1, 0.15) is 5.82 Å². The molecule has 3 rings (SSSR count). The van der Waals surface area contributed by atoms with Crippen molar-refractivity contribution in [3.05, 3.63) is 64.6 Å². The van der Waals surface area contributed by atoms with Crippen LogP contribution in [0, 0.1) is 6.92 Å². The van der Waals surface area contributed by atoms with Gasteiger partial charge in [0.05, 0.1) is 5.69 Å². The highest BCUT2D eigenvalue weighted by atomic mass is 79.9. The van der Waals surface area contributed by atoms with Gasteiger partial charge in [-0.15, -0.1) is 0 Å². The predicted octanol–water partition coefficient (Wildman–Crippen LogP) is 6.17. The second kappa shape index (κ2) is 8.32. The van der Waals surface area contributed by atoms with Crippen molar-refractivity contribution < 1.29 is 0 Å². The van der Waals surface area contributed by atoms with Crippen molar-refractivity contribution in [2.75, 3.05) is 10.6 Å². The SMILES string of the molecule is CC[C@H](C)Nc1nc(Nc2ccc(Br)c(C)c2)cc(-c2ccccc2)n1. The number of rotatable bonds is 6. The number of nitrogens with one attached hydrogen (secondary N) is 2. The Hall–Kier alpha value is -2.40. The number of halogens is 1. The maximum atomic E-state index is 4.70. The Kier molecular flexibility index (Phi) is 5.89. The molecule has 2 aromatic carbocycles. The topological polar surface area (TPSA) is 49.8 Å². The van der Waals surface area contributed by atoms with E-state index in [0.717, 1.165) is 33.7 Å². The second-order valence-electron chi connectivity index (χ2n) is 6.37. The smallest absolute Gasteiger partial charge is 0.225 e. The van der Waals surface area contributed by atoms with Gasteiger partial charge in [-0.2, -0.15) is 4.98 Å². The van der Waals surface area contributed by atoms with Crippen LogP contribution in [0.3, 0.4) is 0 Å². The molecule has 4 nitrogen and oxygen atoms in total. The van der Waals surface area contributed by atoms with E-state index >= 15 is 0 Å². The van der Waals surface area contributed by atoms with Crippen molar-refractivity contribution in [3.63, 3.8) is 0 Å². The van der Waals surface area contributed by atoms with Crippen molar-refractivity contribution in [2.45, 2.75) is 33.2 Å². The summed E-state index contributed by atoms with van der Waals surface area (Å²) in [6.07, 6.45) is 1.01. The number of nitrogens with zero attached hydrogens (tertiary/aromatic N) is 2. The Morgan fingerprint density at radius 3 is 2.50 bits per heavy atom. The first-order valence-corrected chi connectivity index (χ1v) is 9.58. The van der Waals surface area contributed by atoms with Crippen molar-refractivity contribution in [3.8, 4) is 11.3 Å². The van der Waals surface area contributed by atoms with E-state index < -0.39 is 0 Å². The van der Waals surface area contributed by atoms with E-state index in [1.807, 2.05) is 36.4 Å². The molecule has 0 bridgehead atoms. The van der Waals surface area contributed by atoms with E-state index in [0.29, 0.717) is 12.0 Å². The lowest BCUT2D eigenvalue weighted by Crippen LogP contribution is -2.16. The zero-order chi connectivity index (χ0) is 18.5. The van der Waals surface area contributed by atoms with Gasteiger partial charge in [-0.05, 0) is 44.0 Å². The molecular formula is C21H23BrN4. The van der Waals surface area contributed by atoms with Crippen molar-refractivity contribution in [2.24, 2.45) is 0 Å². The molecule has 0 amide bonds. The fraction of sp³-hybridized carbons (Fsp3) is 0.238. The molecule has 0 fully saturated rings. The van der Waals surface area contributed by atoms with Gasteiger partial charge >= 0.3 is 0 Å². The number of hydrogen-bond acceptors (Lipinski definition) is 4. The monoisotopic (exact) mass is 410 g/mol. The van der Waals surface area contributed by atoms with Gasteiger partial charge in [-0.3, -0.25) is 0 Å². The average molecular weight is 411 g/mol. The summed E-state index contributed by atoms with van der Waals surface area (Å²) >= 11 is 3.54. The van der Waals surface area contributed by atoms with Gasteiger partial charge in [0.15, 0.2) is 0 Å².